The van der Waals surface area contributed by atoms with Crippen LogP contribution in [0.15, 0.2) is 0 Å². The van der Waals surface area contributed by atoms with Crippen LogP contribution in [0.3, 0.4) is 0 Å². The van der Waals surface area contributed by atoms with Gasteiger partial charge in [-0.3, -0.25) is 9.89 Å². The fraction of sp³-hybridized carbons (Fsp3) is 0.714. The lowest BCUT2D eigenvalue weighted by Crippen LogP contribution is -2.39. The van der Waals surface area contributed by atoms with Gasteiger partial charge in [0.05, 0.1) is 0 Å². The van der Waals surface area contributed by atoms with Gasteiger partial charge in [-0.1, -0.05) is 19.8 Å². The van der Waals surface area contributed by atoms with Crippen molar-refractivity contribution < 1.29 is 4.79 Å². The molecule has 1 saturated carbocycles. The summed E-state index contributed by atoms with van der Waals surface area (Å²) >= 11 is 0. The molecule has 5 nitrogen and oxygen atoms in total. The average Bonchev–Trinajstić information content (AvgIpc) is 2.82. The van der Waals surface area contributed by atoms with E-state index in [0.717, 1.165) is 43.6 Å². The molecule has 5 heteroatoms. The van der Waals surface area contributed by atoms with E-state index in [4.69, 9.17) is 0 Å². The van der Waals surface area contributed by atoms with Crippen LogP contribution >= 0.6 is 0 Å². The normalized spacial score (nSPS) is 26.8. The maximum Gasteiger partial charge on any atom is 0.272 e. The summed E-state index contributed by atoms with van der Waals surface area (Å²) in [6.07, 6.45) is 5.62. The number of hydrogen-bond acceptors (Lipinski definition) is 3. The smallest absolute Gasteiger partial charge is 0.272 e. The number of aromatic amines is 1. The monoisotopic (exact) mass is 262 g/mol. The molecule has 1 aromatic rings. The topological polar surface area (TPSA) is 69.8 Å². The van der Waals surface area contributed by atoms with Gasteiger partial charge in [-0.2, -0.15) is 5.10 Å². The van der Waals surface area contributed by atoms with Crippen LogP contribution in [-0.4, -0.2) is 28.7 Å². The highest BCUT2D eigenvalue weighted by atomic mass is 16.2. The van der Waals surface area contributed by atoms with E-state index in [2.05, 4.69) is 27.8 Å². The predicted molar refractivity (Wildman–Crippen MR) is 72.9 cm³/mol. The van der Waals surface area contributed by atoms with E-state index < -0.39 is 0 Å². The van der Waals surface area contributed by atoms with Gasteiger partial charge in [0.1, 0.15) is 0 Å². The number of H-pyrrole nitrogens is 1. The fourth-order valence-electron chi connectivity index (χ4n) is 3.23. The highest BCUT2D eigenvalue weighted by Gasteiger charge is 2.25. The van der Waals surface area contributed by atoms with Gasteiger partial charge in [-0.25, -0.2) is 0 Å². The number of carbonyl (C=O) groups excluding carboxylic acids is 1. The van der Waals surface area contributed by atoms with Gasteiger partial charge in [0.2, 0.25) is 0 Å². The first-order chi connectivity index (χ1) is 9.24. The Morgan fingerprint density at radius 1 is 1.42 bits per heavy atom. The van der Waals surface area contributed by atoms with Crippen molar-refractivity contribution >= 4 is 5.91 Å². The minimum absolute atomic E-state index is 0.0136. The summed E-state index contributed by atoms with van der Waals surface area (Å²) in [5.41, 5.74) is 2.74. The summed E-state index contributed by atoms with van der Waals surface area (Å²) in [7, 11) is 0. The summed E-state index contributed by atoms with van der Waals surface area (Å²) < 4.78 is 0. The highest BCUT2D eigenvalue weighted by molar-refractivity contribution is 5.94. The molecule has 3 rings (SSSR count). The molecule has 1 amide bonds. The van der Waals surface area contributed by atoms with Gasteiger partial charge in [0, 0.05) is 36.8 Å². The number of nitrogens with zero attached hydrogens (tertiary/aromatic N) is 1. The zero-order chi connectivity index (χ0) is 13.2. The van der Waals surface area contributed by atoms with Crippen molar-refractivity contribution in [3.8, 4) is 0 Å². The lowest BCUT2D eigenvalue weighted by Gasteiger charge is -2.27. The Morgan fingerprint density at radius 3 is 3.16 bits per heavy atom. The van der Waals surface area contributed by atoms with Crippen LogP contribution in [0.4, 0.5) is 0 Å². The summed E-state index contributed by atoms with van der Waals surface area (Å²) in [4.78, 5) is 12.3. The molecule has 2 heterocycles. The van der Waals surface area contributed by atoms with Gasteiger partial charge in [0.25, 0.3) is 5.91 Å². The van der Waals surface area contributed by atoms with Crippen LogP contribution in [0, 0.1) is 5.92 Å². The Hall–Kier alpha value is -1.36. The average molecular weight is 262 g/mol. The van der Waals surface area contributed by atoms with Crippen molar-refractivity contribution in [3.05, 3.63) is 17.0 Å². The van der Waals surface area contributed by atoms with E-state index in [1.54, 1.807) is 0 Å². The summed E-state index contributed by atoms with van der Waals surface area (Å²) in [5, 5.41) is 13.7. The van der Waals surface area contributed by atoms with Crippen LogP contribution in [0.25, 0.3) is 0 Å². The predicted octanol–water partition coefficient (Wildman–Crippen LogP) is 1.36. The molecule has 0 aromatic carbocycles. The first-order valence-corrected chi connectivity index (χ1v) is 7.31. The molecule has 1 aromatic heterocycles. The maximum absolute atomic E-state index is 12.3. The van der Waals surface area contributed by atoms with Crippen molar-refractivity contribution in [1.29, 1.82) is 0 Å². The van der Waals surface area contributed by atoms with E-state index in [-0.39, 0.29) is 5.91 Å². The molecular formula is C14H22N4O. The van der Waals surface area contributed by atoms with Crippen molar-refractivity contribution in [2.24, 2.45) is 5.92 Å². The lowest BCUT2D eigenvalue weighted by molar-refractivity contribution is 0.0915. The highest BCUT2D eigenvalue weighted by Crippen LogP contribution is 2.24. The quantitative estimate of drug-likeness (QED) is 0.754. The third kappa shape index (κ3) is 2.66. The van der Waals surface area contributed by atoms with Crippen molar-refractivity contribution in [1.82, 2.24) is 20.8 Å². The molecule has 1 aliphatic carbocycles. The summed E-state index contributed by atoms with van der Waals surface area (Å²) in [6.45, 7) is 3.96. The zero-order valence-electron chi connectivity index (χ0n) is 11.5. The standard InChI is InChI=1S/C14H22N4O/c1-9-3-2-4-10(7-9)16-14(19)13-11-8-15-6-5-12(11)17-18-13/h9-10,15H,2-8H2,1H3,(H,16,19)(H,17,18). The molecule has 0 radical (unpaired) electrons. The molecule has 3 N–H and O–H groups in total. The van der Waals surface area contributed by atoms with Crippen molar-refractivity contribution in [2.45, 2.75) is 51.6 Å². The summed E-state index contributed by atoms with van der Waals surface area (Å²) in [6, 6.07) is 0.320. The zero-order valence-corrected chi connectivity index (χ0v) is 11.5. The lowest BCUT2D eigenvalue weighted by atomic mass is 9.87. The van der Waals surface area contributed by atoms with Gasteiger partial charge in [0.15, 0.2) is 5.69 Å². The Bertz CT molecular complexity index is 468. The number of rotatable bonds is 2. The molecule has 19 heavy (non-hydrogen) atoms. The Morgan fingerprint density at radius 2 is 2.32 bits per heavy atom. The Kier molecular flexibility index (Phi) is 3.55. The molecule has 0 bridgehead atoms. The molecule has 2 atom stereocenters. The minimum Gasteiger partial charge on any atom is -0.348 e. The van der Waals surface area contributed by atoms with E-state index in [1.807, 2.05) is 0 Å². The van der Waals surface area contributed by atoms with Crippen LogP contribution in [0.1, 0.15) is 54.4 Å². The molecule has 104 valence electrons. The Labute approximate surface area is 113 Å². The van der Waals surface area contributed by atoms with Gasteiger partial charge >= 0.3 is 0 Å². The second-order valence-electron chi connectivity index (χ2n) is 5.90. The van der Waals surface area contributed by atoms with Crippen LogP contribution in [0.5, 0.6) is 0 Å². The molecule has 1 aliphatic heterocycles. The minimum atomic E-state index is -0.0136. The Balaban J connectivity index is 1.68. The third-order valence-corrected chi connectivity index (χ3v) is 4.29. The first kappa shape index (κ1) is 12.7. The van der Waals surface area contributed by atoms with Gasteiger partial charge in [-0.05, 0) is 18.8 Å². The van der Waals surface area contributed by atoms with E-state index in [9.17, 15) is 4.79 Å². The van der Waals surface area contributed by atoms with Crippen LogP contribution in [-0.2, 0) is 13.0 Å². The number of amides is 1. The van der Waals surface area contributed by atoms with Gasteiger partial charge < -0.3 is 10.6 Å². The van der Waals surface area contributed by atoms with Crippen LogP contribution < -0.4 is 10.6 Å². The number of aromatic nitrogens is 2. The molecule has 0 spiro atoms. The second kappa shape index (κ2) is 5.33. The number of carbonyl (C=O) groups is 1. The molecule has 1 fully saturated rings. The van der Waals surface area contributed by atoms with E-state index in [0.29, 0.717) is 17.7 Å². The van der Waals surface area contributed by atoms with E-state index >= 15 is 0 Å². The van der Waals surface area contributed by atoms with Crippen molar-refractivity contribution in [3.63, 3.8) is 0 Å². The molecule has 2 unspecified atom stereocenters. The van der Waals surface area contributed by atoms with Gasteiger partial charge in [-0.15, -0.1) is 0 Å². The second-order valence-corrected chi connectivity index (χ2v) is 5.90. The summed E-state index contributed by atoms with van der Waals surface area (Å²) in [5.74, 6) is 0.703. The first-order valence-electron chi connectivity index (χ1n) is 7.31. The maximum atomic E-state index is 12.3. The SMILES string of the molecule is CC1CCCC(NC(=O)c2n[nH]c3c2CNCC3)C1. The number of nitrogens with one attached hydrogen (secondary N) is 3. The number of fused-ring (bicyclic) bond motifs is 1. The number of hydrogen-bond donors (Lipinski definition) is 3. The largest absolute Gasteiger partial charge is 0.348 e. The fourth-order valence-corrected chi connectivity index (χ4v) is 3.23. The molecule has 2 aliphatic rings. The molecular weight excluding hydrogens is 240 g/mol. The van der Waals surface area contributed by atoms with Crippen LogP contribution in [0.2, 0.25) is 0 Å². The molecule has 0 saturated heterocycles. The van der Waals surface area contributed by atoms with E-state index in [1.165, 1.54) is 12.8 Å². The van der Waals surface area contributed by atoms with Crippen molar-refractivity contribution in [2.75, 3.05) is 6.54 Å². The third-order valence-electron chi connectivity index (χ3n) is 4.29.